The SMILES string of the molecule is COc1cc(OC)c(C=NNC(=O)C(NC(=O)c2ccc(Cl)c(Cl)c2)C(C)C)cc1Br. The van der Waals surface area contributed by atoms with Crippen LogP contribution in [0.5, 0.6) is 11.5 Å². The average Bonchev–Trinajstić information content (AvgIpc) is 2.73. The molecular weight excluding hydrogens is 509 g/mol. The van der Waals surface area contributed by atoms with Crippen molar-refractivity contribution < 1.29 is 19.1 Å². The zero-order valence-corrected chi connectivity index (χ0v) is 20.4. The van der Waals surface area contributed by atoms with Crippen LogP contribution in [0.1, 0.15) is 29.8 Å². The van der Waals surface area contributed by atoms with Crippen LogP contribution in [0.2, 0.25) is 10.0 Å². The van der Waals surface area contributed by atoms with Crippen LogP contribution in [0.4, 0.5) is 0 Å². The highest BCUT2D eigenvalue weighted by molar-refractivity contribution is 9.10. The second-order valence-corrected chi connectivity index (χ2v) is 8.46. The summed E-state index contributed by atoms with van der Waals surface area (Å²) in [6, 6.07) is 7.13. The molecule has 0 aliphatic rings. The number of halogens is 3. The number of nitrogens with one attached hydrogen (secondary N) is 2. The lowest BCUT2D eigenvalue weighted by Crippen LogP contribution is -2.48. The summed E-state index contributed by atoms with van der Waals surface area (Å²) < 4.78 is 11.3. The lowest BCUT2D eigenvalue weighted by Gasteiger charge is -2.20. The number of hydrogen-bond acceptors (Lipinski definition) is 5. The van der Waals surface area contributed by atoms with Gasteiger partial charge >= 0.3 is 0 Å². The molecule has 0 aliphatic heterocycles. The molecule has 166 valence electrons. The maximum absolute atomic E-state index is 12.6. The monoisotopic (exact) mass is 529 g/mol. The minimum Gasteiger partial charge on any atom is -0.496 e. The Morgan fingerprint density at radius 3 is 2.32 bits per heavy atom. The molecule has 0 fully saturated rings. The predicted molar refractivity (Wildman–Crippen MR) is 126 cm³/mol. The maximum Gasteiger partial charge on any atom is 0.262 e. The number of methoxy groups -OCH3 is 2. The molecule has 0 saturated heterocycles. The fraction of sp³-hybridized carbons (Fsp3) is 0.286. The molecule has 0 heterocycles. The van der Waals surface area contributed by atoms with Gasteiger partial charge in [0.15, 0.2) is 0 Å². The van der Waals surface area contributed by atoms with Crippen LogP contribution in [-0.4, -0.2) is 38.3 Å². The standard InChI is InChI=1S/C21H22BrCl2N3O4/c1-11(2)19(26-20(28)12-5-6-15(23)16(24)8-12)21(29)27-25-10-13-7-14(22)18(31-4)9-17(13)30-3/h5-11,19H,1-4H3,(H,26,28)(H,27,29). The number of amides is 2. The quantitative estimate of drug-likeness (QED) is 0.383. The van der Waals surface area contributed by atoms with Gasteiger partial charge in [-0.2, -0.15) is 5.10 Å². The van der Waals surface area contributed by atoms with Crippen molar-refractivity contribution in [1.29, 1.82) is 0 Å². The maximum atomic E-state index is 12.6. The molecule has 2 amide bonds. The Bertz CT molecular complexity index is 999. The topological polar surface area (TPSA) is 89.0 Å². The van der Waals surface area contributed by atoms with Gasteiger partial charge in [0.05, 0.1) is 35.0 Å². The highest BCUT2D eigenvalue weighted by Crippen LogP contribution is 2.32. The summed E-state index contributed by atoms with van der Waals surface area (Å²) in [5.41, 5.74) is 3.37. The molecule has 31 heavy (non-hydrogen) atoms. The van der Waals surface area contributed by atoms with Gasteiger partial charge in [-0.15, -0.1) is 0 Å². The third kappa shape index (κ3) is 6.59. The molecule has 10 heteroatoms. The van der Waals surface area contributed by atoms with Crippen LogP contribution in [0.15, 0.2) is 39.9 Å². The average molecular weight is 531 g/mol. The van der Waals surface area contributed by atoms with Crippen molar-refractivity contribution >= 4 is 57.2 Å². The summed E-state index contributed by atoms with van der Waals surface area (Å²) in [6.45, 7) is 3.62. The summed E-state index contributed by atoms with van der Waals surface area (Å²) in [6.07, 6.45) is 1.44. The number of hydrogen-bond donors (Lipinski definition) is 2. The predicted octanol–water partition coefficient (Wildman–Crippen LogP) is 4.68. The first kappa shape index (κ1) is 25.0. The van der Waals surface area contributed by atoms with E-state index < -0.39 is 17.9 Å². The van der Waals surface area contributed by atoms with Crippen LogP contribution < -0.4 is 20.2 Å². The molecule has 2 rings (SSSR count). The lowest BCUT2D eigenvalue weighted by molar-refractivity contribution is -0.123. The van der Waals surface area contributed by atoms with Crippen LogP contribution in [0, 0.1) is 5.92 Å². The molecular formula is C21H22BrCl2N3O4. The van der Waals surface area contributed by atoms with Crippen LogP contribution >= 0.6 is 39.1 Å². The van der Waals surface area contributed by atoms with Crippen LogP contribution in [0.25, 0.3) is 0 Å². The van der Waals surface area contributed by atoms with E-state index in [1.807, 2.05) is 13.8 Å². The molecule has 2 aromatic rings. The van der Waals surface area contributed by atoms with Crippen molar-refractivity contribution in [2.75, 3.05) is 14.2 Å². The van der Waals surface area contributed by atoms with Crippen molar-refractivity contribution in [1.82, 2.24) is 10.7 Å². The number of hydrazone groups is 1. The molecule has 2 N–H and O–H groups in total. The van der Waals surface area contributed by atoms with Crippen molar-refractivity contribution in [3.8, 4) is 11.5 Å². The summed E-state index contributed by atoms with van der Waals surface area (Å²) in [7, 11) is 3.07. The molecule has 2 aromatic carbocycles. The molecule has 0 radical (unpaired) electrons. The van der Waals surface area contributed by atoms with E-state index in [1.54, 1.807) is 19.2 Å². The molecule has 1 atom stereocenters. The number of nitrogens with zero attached hydrogens (tertiary/aromatic N) is 1. The van der Waals surface area contributed by atoms with E-state index in [-0.39, 0.29) is 10.9 Å². The van der Waals surface area contributed by atoms with E-state index in [0.29, 0.717) is 32.1 Å². The number of ether oxygens (including phenoxy) is 2. The largest absolute Gasteiger partial charge is 0.496 e. The van der Waals surface area contributed by atoms with Gasteiger partial charge < -0.3 is 14.8 Å². The summed E-state index contributed by atoms with van der Waals surface area (Å²) >= 11 is 15.3. The molecule has 0 aromatic heterocycles. The van der Waals surface area contributed by atoms with E-state index in [2.05, 4.69) is 31.8 Å². The van der Waals surface area contributed by atoms with Crippen molar-refractivity contribution in [3.05, 3.63) is 56.0 Å². The van der Waals surface area contributed by atoms with Crippen molar-refractivity contribution in [2.45, 2.75) is 19.9 Å². The number of rotatable bonds is 8. The second-order valence-electron chi connectivity index (χ2n) is 6.79. The Balaban J connectivity index is 2.11. The Labute approximate surface area is 199 Å². The molecule has 0 spiro atoms. The minimum absolute atomic E-state index is 0.188. The lowest BCUT2D eigenvalue weighted by atomic mass is 10.0. The zero-order chi connectivity index (χ0) is 23.1. The Kier molecular flexibility index (Phi) is 9.15. The smallest absolute Gasteiger partial charge is 0.262 e. The highest BCUT2D eigenvalue weighted by atomic mass is 79.9. The fourth-order valence-corrected chi connectivity index (χ4v) is 3.44. The molecule has 0 saturated carbocycles. The van der Waals surface area contributed by atoms with Gasteiger partial charge in [0.25, 0.3) is 11.8 Å². The second kappa shape index (κ2) is 11.4. The zero-order valence-electron chi connectivity index (χ0n) is 17.3. The van der Waals surface area contributed by atoms with E-state index >= 15 is 0 Å². The van der Waals surface area contributed by atoms with Gasteiger partial charge in [-0.25, -0.2) is 5.43 Å². The van der Waals surface area contributed by atoms with Gasteiger partial charge in [0.2, 0.25) is 0 Å². The van der Waals surface area contributed by atoms with E-state index in [4.69, 9.17) is 32.7 Å². The first-order chi connectivity index (χ1) is 14.7. The third-order valence-corrected chi connectivity index (χ3v) is 5.66. The normalized spacial score (nSPS) is 12.0. The van der Waals surface area contributed by atoms with Crippen LogP contribution in [0.3, 0.4) is 0 Å². The van der Waals surface area contributed by atoms with Crippen LogP contribution in [-0.2, 0) is 4.79 Å². The summed E-state index contributed by atoms with van der Waals surface area (Å²) in [4.78, 5) is 25.2. The fourth-order valence-electron chi connectivity index (χ4n) is 2.62. The Morgan fingerprint density at radius 1 is 1.06 bits per heavy atom. The minimum atomic E-state index is -0.816. The van der Waals surface area contributed by atoms with Gasteiger partial charge in [-0.3, -0.25) is 9.59 Å². The molecule has 0 aliphatic carbocycles. The van der Waals surface area contributed by atoms with Crippen molar-refractivity contribution in [2.24, 2.45) is 11.0 Å². The van der Waals surface area contributed by atoms with E-state index in [1.165, 1.54) is 31.5 Å². The molecule has 0 bridgehead atoms. The molecule has 1 unspecified atom stereocenters. The number of carbonyl (C=O) groups is 2. The Hall–Kier alpha value is -2.29. The first-order valence-corrected chi connectivity index (χ1v) is 10.7. The van der Waals surface area contributed by atoms with E-state index in [9.17, 15) is 9.59 Å². The third-order valence-electron chi connectivity index (χ3n) is 4.30. The van der Waals surface area contributed by atoms with Crippen molar-refractivity contribution in [3.63, 3.8) is 0 Å². The number of carbonyl (C=O) groups excluding carboxylic acids is 2. The highest BCUT2D eigenvalue weighted by Gasteiger charge is 2.24. The van der Waals surface area contributed by atoms with E-state index in [0.717, 1.165) is 0 Å². The molecule has 7 nitrogen and oxygen atoms in total. The Morgan fingerprint density at radius 2 is 1.74 bits per heavy atom. The first-order valence-electron chi connectivity index (χ1n) is 9.18. The van der Waals surface area contributed by atoms with Gasteiger partial charge in [-0.1, -0.05) is 37.0 Å². The van der Waals surface area contributed by atoms with Gasteiger partial charge in [0, 0.05) is 17.2 Å². The summed E-state index contributed by atoms with van der Waals surface area (Å²) in [5.74, 6) is 0.0178. The van der Waals surface area contributed by atoms with Gasteiger partial charge in [-0.05, 0) is 46.1 Å². The van der Waals surface area contributed by atoms with Gasteiger partial charge in [0.1, 0.15) is 17.5 Å². The number of benzene rings is 2. The summed E-state index contributed by atoms with van der Waals surface area (Å²) in [5, 5.41) is 7.29.